The van der Waals surface area contributed by atoms with Crippen molar-refractivity contribution in [2.24, 2.45) is 0 Å². The second-order valence-corrected chi connectivity index (χ2v) is 4.96. The Kier molecular flexibility index (Phi) is 7.04. The minimum atomic E-state index is -0.228. The van der Waals surface area contributed by atoms with E-state index >= 15 is 0 Å². The molecule has 4 nitrogen and oxygen atoms in total. The molecule has 0 aliphatic heterocycles. The first-order valence-corrected chi connectivity index (χ1v) is 5.86. The maximum atomic E-state index is 11.4. The van der Waals surface area contributed by atoms with Crippen LogP contribution in [0.15, 0.2) is 0 Å². The molecule has 0 atom stereocenters. The second kappa shape index (κ2) is 7.72. The fourth-order valence-corrected chi connectivity index (χ4v) is 1.24. The average Bonchev–Trinajstić information content (AvgIpc) is 2.15. The topological polar surface area (TPSA) is 58.2 Å². The molecule has 0 aromatic carbocycles. The van der Waals surface area contributed by atoms with Crippen LogP contribution in [0.4, 0.5) is 0 Å². The summed E-state index contributed by atoms with van der Waals surface area (Å²) in [5.41, 5.74) is -0.228. The quantitative estimate of drug-likeness (QED) is 0.540. The van der Waals surface area contributed by atoms with Gasteiger partial charge in [-0.2, -0.15) is 0 Å². The van der Waals surface area contributed by atoms with Crippen molar-refractivity contribution in [2.75, 3.05) is 6.54 Å². The van der Waals surface area contributed by atoms with E-state index in [1.165, 1.54) is 0 Å². The van der Waals surface area contributed by atoms with E-state index in [1.807, 2.05) is 20.8 Å². The number of unbranched alkanes of at least 4 members (excludes halogenated alkanes) is 1. The highest BCUT2D eigenvalue weighted by Crippen LogP contribution is 1.99. The number of amides is 2. The number of rotatable bonds is 6. The molecule has 0 bridgehead atoms. The van der Waals surface area contributed by atoms with Crippen LogP contribution in [0.3, 0.4) is 0 Å². The van der Waals surface area contributed by atoms with Crippen molar-refractivity contribution >= 4 is 11.8 Å². The van der Waals surface area contributed by atoms with Crippen LogP contribution in [0, 0.1) is 12.3 Å². The molecule has 17 heavy (non-hydrogen) atoms. The zero-order valence-corrected chi connectivity index (χ0v) is 10.9. The van der Waals surface area contributed by atoms with Gasteiger partial charge < -0.3 is 10.6 Å². The summed E-state index contributed by atoms with van der Waals surface area (Å²) >= 11 is 0. The summed E-state index contributed by atoms with van der Waals surface area (Å²) < 4.78 is 0. The van der Waals surface area contributed by atoms with Crippen molar-refractivity contribution in [3.63, 3.8) is 0 Å². The van der Waals surface area contributed by atoms with Crippen molar-refractivity contribution in [3.8, 4) is 12.3 Å². The third kappa shape index (κ3) is 10.8. The van der Waals surface area contributed by atoms with Gasteiger partial charge in [-0.1, -0.05) is 0 Å². The van der Waals surface area contributed by atoms with E-state index in [0.717, 1.165) is 0 Å². The SMILES string of the molecule is C#CCCCC(=O)NCCC(=O)NC(C)(C)C. The summed E-state index contributed by atoms with van der Waals surface area (Å²) in [5.74, 6) is 2.37. The van der Waals surface area contributed by atoms with Crippen LogP contribution in [-0.2, 0) is 9.59 Å². The first-order valence-electron chi connectivity index (χ1n) is 5.86. The van der Waals surface area contributed by atoms with E-state index in [4.69, 9.17) is 6.42 Å². The van der Waals surface area contributed by atoms with Gasteiger partial charge in [0.25, 0.3) is 0 Å². The number of nitrogens with one attached hydrogen (secondary N) is 2. The van der Waals surface area contributed by atoms with Crippen molar-refractivity contribution < 1.29 is 9.59 Å². The molecular formula is C13H22N2O2. The molecule has 2 N–H and O–H groups in total. The molecule has 0 saturated carbocycles. The predicted octanol–water partition coefficient (Wildman–Crippen LogP) is 1.21. The maximum Gasteiger partial charge on any atom is 0.222 e. The molecule has 0 rings (SSSR count). The molecule has 0 aromatic rings. The van der Waals surface area contributed by atoms with Crippen LogP contribution in [0.1, 0.15) is 46.5 Å². The largest absolute Gasteiger partial charge is 0.356 e. The summed E-state index contributed by atoms with van der Waals surface area (Å²) in [4.78, 5) is 22.7. The Bertz CT molecular complexity index is 298. The fourth-order valence-electron chi connectivity index (χ4n) is 1.24. The van der Waals surface area contributed by atoms with Crippen molar-refractivity contribution in [1.29, 1.82) is 0 Å². The van der Waals surface area contributed by atoms with Gasteiger partial charge in [0.1, 0.15) is 0 Å². The van der Waals surface area contributed by atoms with E-state index in [-0.39, 0.29) is 17.4 Å². The molecule has 0 saturated heterocycles. The van der Waals surface area contributed by atoms with Gasteiger partial charge in [-0.3, -0.25) is 9.59 Å². The lowest BCUT2D eigenvalue weighted by atomic mass is 10.1. The molecular weight excluding hydrogens is 216 g/mol. The van der Waals surface area contributed by atoms with Crippen molar-refractivity contribution in [3.05, 3.63) is 0 Å². The standard InChI is InChI=1S/C13H22N2O2/c1-5-6-7-8-11(16)14-10-9-12(17)15-13(2,3)4/h1H,6-10H2,2-4H3,(H,14,16)(H,15,17). The molecule has 96 valence electrons. The summed E-state index contributed by atoms with van der Waals surface area (Å²) in [6.07, 6.45) is 7.10. The van der Waals surface area contributed by atoms with Gasteiger partial charge in [0, 0.05) is 31.3 Å². The Morgan fingerprint density at radius 2 is 1.82 bits per heavy atom. The van der Waals surface area contributed by atoms with Crippen molar-refractivity contribution in [1.82, 2.24) is 10.6 Å². The Morgan fingerprint density at radius 1 is 1.18 bits per heavy atom. The monoisotopic (exact) mass is 238 g/mol. The number of carbonyl (C=O) groups is 2. The highest BCUT2D eigenvalue weighted by atomic mass is 16.2. The molecule has 0 unspecified atom stereocenters. The van der Waals surface area contributed by atoms with Crippen LogP contribution in [0.5, 0.6) is 0 Å². The van der Waals surface area contributed by atoms with Gasteiger partial charge in [-0.15, -0.1) is 12.3 Å². The summed E-state index contributed by atoms with van der Waals surface area (Å²) in [6.45, 7) is 6.13. The molecule has 0 spiro atoms. The van der Waals surface area contributed by atoms with Crippen molar-refractivity contribution in [2.45, 2.75) is 52.0 Å². The van der Waals surface area contributed by atoms with E-state index in [9.17, 15) is 9.59 Å². The lowest BCUT2D eigenvalue weighted by Gasteiger charge is -2.20. The zero-order chi connectivity index (χ0) is 13.3. The lowest BCUT2D eigenvalue weighted by Crippen LogP contribution is -2.41. The highest BCUT2D eigenvalue weighted by Gasteiger charge is 2.13. The molecule has 2 amide bonds. The van der Waals surface area contributed by atoms with Crippen LogP contribution < -0.4 is 10.6 Å². The third-order valence-corrected chi connectivity index (χ3v) is 1.91. The van der Waals surface area contributed by atoms with E-state index in [2.05, 4.69) is 16.6 Å². The van der Waals surface area contributed by atoms with Gasteiger partial charge in [-0.05, 0) is 27.2 Å². The minimum Gasteiger partial charge on any atom is -0.356 e. The summed E-state index contributed by atoms with van der Waals surface area (Å²) in [5, 5.41) is 5.52. The number of hydrogen-bond donors (Lipinski definition) is 2. The van der Waals surface area contributed by atoms with E-state index < -0.39 is 0 Å². The predicted molar refractivity (Wildman–Crippen MR) is 68.2 cm³/mol. The number of terminal acetylenes is 1. The molecule has 4 heteroatoms. The molecule has 0 aliphatic carbocycles. The summed E-state index contributed by atoms with van der Waals surface area (Å²) in [7, 11) is 0. The smallest absolute Gasteiger partial charge is 0.222 e. The second-order valence-electron chi connectivity index (χ2n) is 4.96. The Hall–Kier alpha value is -1.50. The highest BCUT2D eigenvalue weighted by molar-refractivity contribution is 5.79. The van der Waals surface area contributed by atoms with Gasteiger partial charge in [0.2, 0.25) is 11.8 Å². The third-order valence-electron chi connectivity index (χ3n) is 1.91. The Balaban J connectivity index is 3.60. The summed E-state index contributed by atoms with van der Waals surface area (Å²) in [6, 6.07) is 0. The Morgan fingerprint density at radius 3 is 2.35 bits per heavy atom. The molecule has 0 aliphatic rings. The first kappa shape index (κ1) is 15.5. The van der Waals surface area contributed by atoms with Crippen LogP contribution in [-0.4, -0.2) is 23.9 Å². The molecule has 0 radical (unpaired) electrons. The van der Waals surface area contributed by atoms with Crippen LogP contribution in [0.25, 0.3) is 0 Å². The minimum absolute atomic E-state index is 0.0520. The molecule has 0 heterocycles. The first-order chi connectivity index (χ1) is 7.85. The number of hydrogen-bond acceptors (Lipinski definition) is 2. The fraction of sp³-hybridized carbons (Fsp3) is 0.692. The normalized spacial score (nSPS) is 10.5. The zero-order valence-electron chi connectivity index (χ0n) is 10.9. The van der Waals surface area contributed by atoms with Gasteiger partial charge in [0.05, 0.1) is 0 Å². The van der Waals surface area contributed by atoms with Gasteiger partial charge >= 0.3 is 0 Å². The van der Waals surface area contributed by atoms with Crippen LogP contribution >= 0.6 is 0 Å². The lowest BCUT2D eigenvalue weighted by molar-refractivity contribution is -0.123. The van der Waals surface area contributed by atoms with E-state index in [0.29, 0.717) is 32.2 Å². The van der Waals surface area contributed by atoms with Gasteiger partial charge in [-0.25, -0.2) is 0 Å². The Labute approximate surface area is 104 Å². The average molecular weight is 238 g/mol. The molecule has 0 fully saturated rings. The maximum absolute atomic E-state index is 11.4. The van der Waals surface area contributed by atoms with E-state index in [1.54, 1.807) is 0 Å². The van der Waals surface area contributed by atoms with Crippen LogP contribution in [0.2, 0.25) is 0 Å². The number of carbonyl (C=O) groups excluding carboxylic acids is 2. The molecule has 0 aromatic heterocycles. The van der Waals surface area contributed by atoms with Gasteiger partial charge in [0.15, 0.2) is 0 Å².